The number of rotatable bonds is 7. The van der Waals surface area contributed by atoms with Crippen molar-refractivity contribution in [1.29, 1.82) is 0 Å². The maximum Gasteiger partial charge on any atom is 0.220 e. The van der Waals surface area contributed by atoms with Crippen molar-refractivity contribution in [3.8, 4) is 17.2 Å². The second kappa shape index (κ2) is 9.99. The van der Waals surface area contributed by atoms with Gasteiger partial charge in [0.1, 0.15) is 5.75 Å². The molecule has 29 heavy (non-hydrogen) atoms. The highest BCUT2D eigenvalue weighted by Crippen LogP contribution is 2.33. The minimum Gasteiger partial charge on any atom is -0.493 e. The molecule has 2 aliphatic heterocycles. The van der Waals surface area contributed by atoms with Gasteiger partial charge >= 0.3 is 0 Å². The van der Waals surface area contributed by atoms with E-state index in [-0.39, 0.29) is 18.3 Å². The number of halogens is 1. The molecule has 2 aromatic rings. The van der Waals surface area contributed by atoms with Gasteiger partial charge in [0.25, 0.3) is 0 Å². The Balaban J connectivity index is 0.00000240. The monoisotopic (exact) mass is 416 g/mol. The fourth-order valence-corrected chi connectivity index (χ4v) is 4.38. The summed E-state index contributed by atoms with van der Waals surface area (Å²) in [6.07, 6.45) is 5.46. The summed E-state index contributed by atoms with van der Waals surface area (Å²) in [5, 5.41) is 6.69. The van der Waals surface area contributed by atoms with Gasteiger partial charge in [0, 0.05) is 25.0 Å². The van der Waals surface area contributed by atoms with Crippen LogP contribution in [0.15, 0.2) is 48.5 Å². The van der Waals surface area contributed by atoms with Crippen molar-refractivity contribution in [2.24, 2.45) is 5.92 Å². The lowest BCUT2D eigenvalue weighted by atomic mass is 9.89. The minimum atomic E-state index is 0. The third-order valence-corrected chi connectivity index (χ3v) is 5.75. The molecule has 0 aromatic heterocycles. The molecule has 0 radical (unpaired) electrons. The summed E-state index contributed by atoms with van der Waals surface area (Å²) in [5.41, 5.74) is 1.06. The average Bonchev–Trinajstić information content (AvgIpc) is 3.06. The Labute approximate surface area is 178 Å². The number of amides is 1. The molecule has 0 aliphatic carbocycles. The van der Waals surface area contributed by atoms with Gasteiger partial charge in [-0.3, -0.25) is 4.79 Å². The van der Waals surface area contributed by atoms with Gasteiger partial charge in [-0.05, 0) is 61.4 Å². The number of fused-ring (bicyclic) bond motifs is 2. The highest BCUT2D eigenvalue weighted by Gasteiger charge is 2.34. The van der Waals surface area contributed by atoms with E-state index in [1.807, 2.05) is 48.5 Å². The van der Waals surface area contributed by atoms with Crippen LogP contribution in [0.3, 0.4) is 0 Å². The van der Waals surface area contributed by atoms with Crippen LogP contribution in [0, 0.1) is 5.92 Å². The lowest BCUT2D eigenvalue weighted by Crippen LogP contribution is -2.39. The predicted octanol–water partition coefficient (Wildman–Crippen LogP) is 4.45. The molecule has 2 fully saturated rings. The zero-order chi connectivity index (χ0) is 19.3. The highest BCUT2D eigenvalue weighted by molar-refractivity contribution is 5.85. The molecular formula is C23H29ClN2O3. The molecule has 4 rings (SSSR count). The highest BCUT2D eigenvalue weighted by atomic mass is 35.5. The van der Waals surface area contributed by atoms with Crippen LogP contribution in [0.5, 0.6) is 17.2 Å². The topological polar surface area (TPSA) is 59.6 Å². The van der Waals surface area contributed by atoms with E-state index >= 15 is 0 Å². The molecule has 5 nitrogen and oxygen atoms in total. The van der Waals surface area contributed by atoms with Crippen LogP contribution in [0.1, 0.15) is 37.7 Å². The normalized spacial score (nSPS) is 22.4. The Bertz CT molecular complexity index is 800. The molecule has 2 saturated heterocycles. The van der Waals surface area contributed by atoms with Crippen LogP contribution in [0.25, 0.3) is 0 Å². The number of methoxy groups -OCH3 is 1. The molecule has 2 heterocycles. The quantitative estimate of drug-likeness (QED) is 0.700. The van der Waals surface area contributed by atoms with Gasteiger partial charge in [0.2, 0.25) is 5.91 Å². The van der Waals surface area contributed by atoms with Crippen LogP contribution < -0.4 is 20.1 Å². The van der Waals surface area contributed by atoms with E-state index in [2.05, 4.69) is 10.6 Å². The number of para-hydroxylation sites is 2. The second-order valence-electron chi connectivity index (χ2n) is 7.85. The zero-order valence-electron chi connectivity index (χ0n) is 16.7. The van der Waals surface area contributed by atoms with Crippen molar-refractivity contribution < 1.29 is 14.3 Å². The molecule has 2 atom stereocenters. The Hall–Kier alpha value is -2.24. The first-order valence-electron chi connectivity index (χ1n) is 10.1. The van der Waals surface area contributed by atoms with Crippen molar-refractivity contribution in [1.82, 2.24) is 10.6 Å². The smallest absolute Gasteiger partial charge is 0.220 e. The van der Waals surface area contributed by atoms with Crippen molar-refractivity contribution in [3.05, 3.63) is 54.1 Å². The number of carbonyl (C=O) groups is 1. The predicted molar refractivity (Wildman–Crippen MR) is 116 cm³/mol. The summed E-state index contributed by atoms with van der Waals surface area (Å²) in [4.78, 5) is 12.3. The first-order valence-corrected chi connectivity index (χ1v) is 10.1. The van der Waals surface area contributed by atoms with E-state index in [1.165, 1.54) is 12.8 Å². The first-order chi connectivity index (χ1) is 13.7. The summed E-state index contributed by atoms with van der Waals surface area (Å²) in [6, 6.07) is 16.6. The standard InChI is InChI=1S/C23H28N2O3.ClH/c1-27-21-4-2-3-5-22(21)28-20-10-6-16(7-11-20)15-24-23(26)14-17-12-18-8-9-19(13-17)25-18;/h2-7,10-11,17-19,25H,8-9,12-15H2,1H3,(H,24,26);1H. The molecule has 6 heteroatoms. The van der Waals surface area contributed by atoms with Gasteiger partial charge in [-0.15, -0.1) is 12.4 Å². The van der Waals surface area contributed by atoms with Crippen LogP contribution >= 0.6 is 12.4 Å². The van der Waals surface area contributed by atoms with Crippen LogP contribution in [-0.2, 0) is 11.3 Å². The van der Waals surface area contributed by atoms with Crippen molar-refractivity contribution >= 4 is 18.3 Å². The molecule has 2 bridgehead atoms. The number of hydrogen-bond acceptors (Lipinski definition) is 4. The molecule has 0 spiro atoms. The molecule has 156 valence electrons. The van der Waals surface area contributed by atoms with Crippen LogP contribution in [0.4, 0.5) is 0 Å². The Morgan fingerprint density at radius 2 is 1.69 bits per heavy atom. The van der Waals surface area contributed by atoms with Gasteiger partial charge in [-0.25, -0.2) is 0 Å². The van der Waals surface area contributed by atoms with Crippen molar-refractivity contribution in [3.63, 3.8) is 0 Å². The van der Waals surface area contributed by atoms with E-state index < -0.39 is 0 Å². The third kappa shape index (κ3) is 5.64. The third-order valence-electron chi connectivity index (χ3n) is 5.75. The fraction of sp³-hybridized carbons (Fsp3) is 0.435. The molecular weight excluding hydrogens is 388 g/mol. The SMILES string of the molecule is COc1ccccc1Oc1ccc(CNC(=O)CC2CC3CCC(C2)N3)cc1.Cl. The maximum atomic E-state index is 12.3. The Kier molecular flexibility index (Phi) is 7.40. The largest absolute Gasteiger partial charge is 0.493 e. The fourth-order valence-electron chi connectivity index (χ4n) is 4.38. The van der Waals surface area contributed by atoms with E-state index in [0.29, 0.717) is 42.5 Å². The first kappa shape index (κ1) is 21.5. The van der Waals surface area contributed by atoms with E-state index in [9.17, 15) is 4.79 Å². The summed E-state index contributed by atoms with van der Waals surface area (Å²) in [5.74, 6) is 2.80. The maximum absolute atomic E-state index is 12.3. The van der Waals surface area contributed by atoms with E-state index in [0.717, 1.165) is 24.2 Å². The van der Waals surface area contributed by atoms with Crippen molar-refractivity contribution in [2.75, 3.05) is 7.11 Å². The summed E-state index contributed by atoms with van der Waals surface area (Å²) < 4.78 is 11.2. The minimum absolute atomic E-state index is 0. The molecule has 2 N–H and O–H groups in total. The van der Waals surface area contributed by atoms with Gasteiger partial charge < -0.3 is 20.1 Å². The molecule has 2 aliphatic rings. The lowest BCUT2D eigenvalue weighted by Gasteiger charge is -2.28. The summed E-state index contributed by atoms with van der Waals surface area (Å²) in [6.45, 7) is 0.547. The second-order valence-corrected chi connectivity index (χ2v) is 7.85. The number of piperidine rings is 1. The zero-order valence-corrected chi connectivity index (χ0v) is 17.5. The lowest BCUT2D eigenvalue weighted by molar-refractivity contribution is -0.122. The number of ether oxygens (including phenoxy) is 2. The average molecular weight is 417 g/mol. The molecule has 2 aromatic carbocycles. The summed E-state index contributed by atoms with van der Waals surface area (Å²) >= 11 is 0. The number of hydrogen-bond donors (Lipinski definition) is 2. The number of carbonyl (C=O) groups excluding carboxylic acids is 1. The van der Waals surface area contributed by atoms with Gasteiger partial charge in [0.05, 0.1) is 7.11 Å². The number of benzene rings is 2. The van der Waals surface area contributed by atoms with Gasteiger partial charge in [0.15, 0.2) is 11.5 Å². The van der Waals surface area contributed by atoms with Gasteiger partial charge in [-0.1, -0.05) is 24.3 Å². The summed E-state index contributed by atoms with van der Waals surface area (Å²) in [7, 11) is 1.63. The van der Waals surface area contributed by atoms with Crippen LogP contribution in [-0.4, -0.2) is 25.1 Å². The Morgan fingerprint density at radius 3 is 2.34 bits per heavy atom. The van der Waals surface area contributed by atoms with Crippen molar-refractivity contribution in [2.45, 2.75) is 50.7 Å². The van der Waals surface area contributed by atoms with E-state index in [1.54, 1.807) is 7.11 Å². The molecule has 1 amide bonds. The molecule has 0 saturated carbocycles. The Morgan fingerprint density at radius 1 is 1.03 bits per heavy atom. The van der Waals surface area contributed by atoms with Gasteiger partial charge in [-0.2, -0.15) is 0 Å². The van der Waals surface area contributed by atoms with E-state index in [4.69, 9.17) is 9.47 Å². The molecule has 2 unspecified atom stereocenters. The number of nitrogens with one attached hydrogen (secondary N) is 2. The van der Waals surface area contributed by atoms with Crippen LogP contribution in [0.2, 0.25) is 0 Å².